The first-order valence-corrected chi connectivity index (χ1v) is 11.6. The van der Waals surface area contributed by atoms with Crippen molar-refractivity contribution >= 4 is 21.6 Å². The van der Waals surface area contributed by atoms with Crippen LogP contribution in [0.4, 0.5) is 5.69 Å². The molecule has 8 heteroatoms. The predicted octanol–water partition coefficient (Wildman–Crippen LogP) is 2.92. The van der Waals surface area contributed by atoms with Crippen molar-refractivity contribution in [3.05, 3.63) is 53.6 Å². The van der Waals surface area contributed by atoms with Gasteiger partial charge in [-0.25, -0.2) is 8.42 Å². The number of sulfonamides is 1. The summed E-state index contributed by atoms with van der Waals surface area (Å²) in [7, 11) is -0.741. The highest BCUT2D eigenvalue weighted by Crippen LogP contribution is 2.33. The summed E-state index contributed by atoms with van der Waals surface area (Å²) in [6.07, 6.45) is 2.67. The summed E-state index contributed by atoms with van der Waals surface area (Å²) in [4.78, 5) is 12.7. The average molecular weight is 435 g/mol. The lowest BCUT2D eigenvalue weighted by atomic mass is 10.1. The molecule has 2 rings (SSSR count). The van der Waals surface area contributed by atoms with Gasteiger partial charge in [-0.2, -0.15) is 0 Å². The molecule has 1 N–H and O–H groups in total. The number of rotatable bonds is 10. The van der Waals surface area contributed by atoms with Crippen LogP contribution in [-0.2, 0) is 21.2 Å². The first-order chi connectivity index (χ1) is 14.2. The lowest BCUT2D eigenvalue weighted by molar-refractivity contribution is -0.121. The second-order valence-electron chi connectivity index (χ2n) is 7.16. The number of amides is 1. The van der Waals surface area contributed by atoms with Crippen molar-refractivity contribution in [3.8, 4) is 11.5 Å². The van der Waals surface area contributed by atoms with E-state index in [1.54, 1.807) is 25.1 Å². The van der Waals surface area contributed by atoms with E-state index in [1.807, 2.05) is 19.1 Å². The van der Waals surface area contributed by atoms with Crippen LogP contribution >= 0.6 is 0 Å². The van der Waals surface area contributed by atoms with Crippen LogP contribution < -0.4 is 19.1 Å². The Hall–Kier alpha value is -2.74. The molecular formula is C22H30N2O5S. The van der Waals surface area contributed by atoms with Crippen LogP contribution in [0.15, 0.2) is 42.5 Å². The number of carbonyl (C=O) groups excluding carboxylic acids is 1. The highest BCUT2D eigenvalue weighted by Gasteiger charge is 2.29. The Kier molecular flexibility index (Phi) is 8.11. The molecule has 0 aromatic heterocycles. The van der Waals surface area contributed by atoms with Gasteiger partial charge in [-0.1, -0.05) is 29.8 Å². The van der Waals surface area contributed by atoms with Gasteiger partial charge in [0.2, 0.25) is 15.9 Å². The third-order valence-electron chi connectivity index (χ3n) is 4.73. The molecule has 0 saturated carbocycles. The molecule has 0 aliphatic heterocycles. The van der Waals surface area contributed by atoms with Crippen LogP contribution in [-0.4, -0.2) is 47.4 Å². The highest BCUT2D eigenvalue weighted by molar-refractivity contribution is 7.92. The number of methoxy groups -OCH3 is 2. The van der Waals surface area contributed by atoms with E-state index in [1.165, 1.54) is 25.3 Å². The van der Waals surface area contributed by atoms with E-state index in [-0.39, 0.29) is 5.91 Å². The fourth-order valence-electron chi connectivity index (χ4n) is 3.29. The number of aryl methyl sites for hydroxylation is 2. The highest BCUT2D eigenvalue weighted by atomic mass is 32.2. The Morgan fingerprint density at radius 2 is 1.80 bits per heavy atom. The molecule has 0 spiro atoms. The number of hydrogen-bond donors (Lipinski definition) is 1. The van der Waals surface area contributed by atoms with E-state index in [0.29, 0.717) is 23.7 Å². The normalized spacial score (nSPS) is 12.2. The SMILES string of the molecule is COc1ccc(N([C@@H](C)C(=O)NCCCc2cccc(C)c2)S(C)(=O)=O)cc1OC. The van der Waals surface area contributed by atoms with Gasteiger partial charge in [-0.15, -0.1) is 0 Å². The van der Waals surface area contributed by atoms with Crippen molar-refractivity contribution in [3.63, 3.8) is 0 Å². The molecule has 0 bridgehead atoms. The molecule has 0 fully saturated rings. The van der Waals surface area contributed by atoms with Crippen molar-refractivity contribution in [1.82, 2.24) is 5.32 Å². The van der Waals surface area contributed by atoms with Gasteiger partial charge in [0.15, 0.2) is 11.5 Å². The number of hydrogen-bond acceptors (Lipinski definition) is 5. The minimum Gasteiger partial charge on any atom is -0.493 e. The summed E-state index contributed by atoms with van der Waals surface area (Å²) in [5.74, 6) is 0.497. The molecule has 0 aliphatic rings. The molecule has 0 unspecified atom stereocenters. The summed E-state index contributed by atoms with van der Waals surface area (Å²) < 4.78 is 36.5. The van der Waals surface area contributed by atoms with Crippen LogP contribution in [0.5, 0.6) is 11.5 Å². The minimum atomic E-state index is -3.71. The number of carbonyl (C=O) groups is 1. The summed E-state index contributed by atoms with van der Waals surface area (Å²) >= 11 is 0. The molecule has 0 saturated heterocycles. The van der Waals surface area contributed by atoms with Gasteiger partial charge in [-0.3, -0.25) is 9.10 Å². The van der Waals surface area contributed by atoms with E-state index < -0.39 is 16.1 Å². The first kappa shape index (κ1) is 23.5. The van der Waals surface area contributed by atoms with Crippen LogP contribution in [0.3, 0.4) is 0 Å². The monoisotopic (exact) mass is 434 g/mol. The van der Waals surface area contributed by atoms with Gasteiger partial charge in [0.05, 0.1) is 26.2 Å². The zero-order chi connectivity index (χ0) is 22.3. The summed E-state index contributed by atoms with van der Waals surface area (Å²) in [5.41, 5.74) is 2.74. The third kappa shape index (κ3) is 6.13. The maximum Gasteiger partial charge on any atom is 0.243 e. The van der Waals surface area contributed by atoms with Gasteiger partial charge in [0.25, 0.3) is 0 Å². The Balaban J connectivity index is 2.07. The molecule has 164 valence electrons. The van der Waals surface area contributed by atoms with Gasteiger partial charge in [0.1, 0.15) is 6.04 Å². The van der Waals surface area contributed by atoms with Crippen LogP contribution in [0.2, 0.25) is 0 Å². The first-order valence-electron chi connectivity index (χ1n) is 9.72. The van der Waals surface area contributed by atoms with Crippen LogP contribution in [0, 0.1) is 6.92 Å². The number of anilines is 1. The Bertz CT molecular complexity index is 975. The van der Waals surface area contributed by atoms with E-state index in [0.717, 1.165) is 23.4 Å². The van der Waals surface area contributed by atoms with Crippen molar-refractivity contribution in [2.75, 3.05) is 31.3 Å². The van der Waals surface area contributed by atoms with Gasteiger partial charge in [0, 0.05) is 12.6 Å². The summed E-state index contributed by atoms with van der Waals surface area (Å²) in [5, 5.41) is 2.84. The second-order valence-corrected chi connectivity index (χ2v) is 9.02. The number of ether oxygens (including phenoxy) is 2. The Morgan fingerprint density at radius 1 is 1.10 bits per heavy atom. The molecule has 30 heavy (non-hydrogen) atoms. The molecule has 2 aromatic carbocycles. The lowest BCUT2D eigenvalue weighted by Gasteiger charge is -2.28. The molecule has 2 aromatic rings. The molecule has 1 amide bonds. The maximum absolute atomic E-state index is 12.7. The molecule has 0 heterocycles. The Morgan fingerprint density at radius 3 is 2.40 bits per heavy atom. The average Bonchev–Trinajstić information content (AvgIpc) is 2.70. The smallest absolute Gasteiger partial charge is 0.243 e. The van der Waals surface area contributed by atoms with Gasteiger partial charge >= 0.3 is 0 Å². The quantitative estimate of drug-likeness (QED) is 0.581. The van der Waals surface area contributed by atoms with E-state index in [2.05, 4.69) is 17.4 Å². The number of nitrogens with zero attached hydrogens (tertiary/aromatic N) is 1. The van der Waals surface area contributed by atoms with E-state index in [4.69, 9.17) is 9.47 Å². The second kappa shape index (κ2) is 10.3. The maximum atomic E-state index is 12.7. The lowest BCUT2D eigenvalue weighted by Crippen LogP contribution is -2.48. The van der Waals surface area contributed by atoms with Crippen molar-refractivity contribution < 1.29 is 22.7 Å². The molecule has 7 nitrogen and oxygen atoms in total. The predicted molar refractivity (Wildman–Crippen MR) is 119 cm³/mol. The minimum absolute atomic E-state index is 0.331. The standard InChI is InChI=1S/C22H30N2O5S/c1-16-8-6-9-18(14-16)10-7-13-23-22(25)17(2)24(30(5,26)27)19-11-12-20(28-3)21(15-19)29-4/h6,8-9,11-12,14-15,17H,7,10,13H2,1-5H3,(H,23,25)/t17-/m0/s1. The van der Waals surface area contributed by atoms with Crippen LogP contribution in [0.25, 0.3) is 0 Å². The summed E-state index contributed by atoms with van der Waals surface area (Å²) in [6, 6.07) is 12.0. The Labute approximate surface area is 179 Å². The molecule has 0 aliphatic carbocycles. The number of benzene rings is 2. The third-order valence-corrected chi connectivity index (χ3v) is 5.98. The number of nitrogens with one attached hydrogen (secondary N) is 1. The zero-order valence-corrected chi connectivity index (χ0v) is 19.0. The van der Waals surface area contributed by atoms with Gasteiger partial charge in [-0.05, 0) is 44.4 Å². The van der Waals surface area contributed by atoms with Crippen molar-refractivity contribution in [1.29, 1.82) is 0 Å². The molecule has 1 atom stereocenters. The fraction of sp³-hybridized carbons (Fsp3) is 0.409. The topological polar surface area (TPSA) is 84.9 Å². The van der Waals surface area contributed by atoms with Gasteiger partial charge < -0.3 is 14.8 Å². The fourth-order valence-corrected chi connectivity index (χ4v) is 4.46. The van der Waals surface area contributed by atoms with Crippen LogP contribution in [0.1, 0.15) is 24.5 Å². The molecule has 0 radical (unpaired) electrons. The van der Waals surface area contributed by atoms with Crippen molar-refractivity contribution in [2.45, 2.75) is 32.7 Å². The van der Waals surface area contributed by atoms with E-state index in [9.17, 15) is 13.2 Å². The largest absolute Gasteiger partial charge is 0.493 e. The molecular weight excluding hydrogens is 404 g/mol. The zero-order valence-electron chi connectivity index (χ0n) is 18.1. The van der Waals surface area contributed by atoms with Crippen molar-refractivity contribution in [2.24, 2.45) is 0 Å². The summed E-state index contributed by atoms with van der Waals surface area (Å²) in [6.45, 7) is 4.06. The van der Waals surface area contributed by atoms with E-state index >= 15 is 0 Å².